The zero-order valence-corrected chi connectivity index (χ0v) is 19.8. The molecule has 2 aromatic heterocycles. The van der Waals surface area contributed by atoms with Gasteiger partial charge in [-0.25, -0.2) is 9.97 Å². The Hall–Kier alpha value is -4.01. The number of carbonyl (C=O) groups excluding carboxylic acids is 1. The van der Waals surface area contributed by atoms with Crippen molar-refractivity contribution in [1.29, 1.82) is 0 Å². The summed E-state index contributed by atoms with van der Waals surface area (Å²) in [5.41, 5.74) is 3.37. The van der Waals surface area contributed by atoms with Crippen LogP contribution in [-0.4, -0.2) is 39.1 Å². The second kappa shape index (κ2) is 11.4. The zero-order valence-electron chi connectivity index (χ0n) is 19.0. The average Bonchev–Trinajstić information content (AvgIpc) is 2.85. The van der Waals surface area contributed by atoms with E-state index in [0.717, 1.165) is 27.8 Å². The van der Waals surface area contributed by atoms with Crippen molar-refractivity contribution in [2.45, 2.75) is 13.3 Å². The molecule has 0 radical (unpaired) electrons. The molecule has 8 nitrogen and oxygen atoms in total. The minimum Gasteiger partial charge on any atom is -0.454 e. The maximum absolute atomic E-state index is 11.4. The molecule has 0 spiro atoms. The van der Waals surface area contributed by atoms with E-state index in [-0.39, 0.29) is 18.9 Å². The van der Waals surface area contributed by atoms with Crippen molar-refractivity contribution in [3.8, 4) is 11.5 Å². The highest BCUT2D eigenvalue weighted by Gasteiger charge is 2.09. The molecular weight excluding hydrogens is 466 g/mol. The van der Waals surface area contributed by atoms with Gasteiger partial charge >= 0.3 is 0 Å². The molecule has 0 bridgehead atoms. The van der Waals surface area contributed by atoms with E-state index in [9.17, 15) is 4.79 Å². The van der Waals surface area contributed by atoms with Gasteiger partial charge in [-0.1, -0.05) is 29.8 Å². The Balaban J connectivity index is 1.49. The number of fused-ring (bicyclic) bond motifs is 1. The summed E-state index contributed by atoms with van der Waals surface area (Å²) < 4.78 is 5.84. The number of rotatable bonds is 9. The number of hydrogen-bond donors (Lipinski definition) is 3. The van der Waals surface area contributed by atoms with E-state index < -0.39 is 0 Å². The van der Waals surface area contributed by atoms with Gasteiger partial charge in [0.2, 0.25) is 5.91 Å². The number of aromatic nitrogens is 3. The van der Waals surface area contributed by atoms with E-state index in [1.54, 1.807) is 18.3 Å². The van der Waals surface area contributed by atoms with Crippen LogP contribution in [0.25, 0.3) is 17.0 Å². The summed E-state index contributed by atoms with van der Waals surface area (Å²) >= 11 is 6.46. The van der Waals surface area contributed by atoms with Crippen molar-refractivity contribution >= 4 is 46.0 Å². The van der Waals surface area contributed by atoms with Crippen LogP contribution in [-0.2, 0) is 4.79 Å². The first-order valence-corrected chi connectivity index (χ1v) is 11.4. The standard InChI is InChI=1S/C26H24ClN5O3/c1-17-4-7-20(15-29-17)35-24-9-6-19(14-22(24)27)32-26-21-13-18(5-8-23(21)30-16-31-26)3-2-11-28-25(34)10-12-33/h2-9,13-16,33H,10-12H2,1H3,(H,28,34)(H,30,31,32)/b3-2+. The molecule has 9 heteroatoms. The van der Waals surface area contributed by atoms with Gasteiger partial charge in [0.1, 0.15) is 23.6 Å². The van der Waals surface area contributed by atoms with E-state index >= 15 is 0 Å². The Morgan fingerprint density at radius 1 is 1.11 bits per heavy atom. The van der Waals surface area contributed by atoms with Crippen molar-refractivity contribution in [2.24, 2.45) is 0 Å². The molecule has 35 heavy (non-hydrogen) atoms. The normalized spacial score (nSPS) is 11.1. The maximum Gasteiger partial charge on any atom is 0.222 e. The topological polar surface area (TPSA) is 109 Å². The van der Waals surface area contributed by atoms with Gasteiger partial charge in [0, 0.05) is 29.7 Å². The molecular formula is C26H24ClN5O3. The quantitative estimate of drug-likeness (QED) is 0.302. The Bertz CT molecular complexity index is 1360. The lowest BCUT2D eigenvalue weighted by molar-refractivity contribution is -0.121. The highest BCUT2D eigenvalue weighted by atomic mass is 35.5. The summed E-state index contributed by atoms with van der Waals surface area (Å²) in [6, 6.07) is 14.9. The molecule has 0 saturated heterocycles. The minimum absolute atomic E-state index is 0.0937. The van der Waals surface area contributed by atoms with E-state index in [4.69, 9.17) is 21.4 Å². The summed E-state index contributed by atoms with van der Waals surface area (Å²) in [6.45, 7) is 2.12. The van der Waals surface area contributed by atoms with E-state index in [2.05, 4.69) is 25.6 Å². The van der Waals surface area contributed by atoms with Gasteiger partial charge < -0.3 is 20.5 Å². The largest absolute Gasteiger partial charge is 0.454 e. The van der Waals surface area contributed by atoms with Crippen LogP contribution in [0.4, 0.5) is 11.5 Å². The highest BCUT2D eigenvalue weighted by Crippen LogP contribution is 2.33. The fourth-order valence-electron chi connectivity index (χ4n) is 3.27. The molecule has 0 fully saturated rings. The number of halogens is 1. The number of anilines is 2. The van der Waals surface area contributed by atoms with Gasteiger partial charge in [-0.15, -0.1) is 0 Å². The van der Waals surface area contributed by atoms with Crippen molar-refractivity contribution in [1.82, 2.24) is 20.3 Å². The van der Waals surface area contributed by atoms with Crippen LogP contribution in [0, 0.1) is 6.92 Å². The summed E-state index contributed by atoms with van der Waals surface area (Å²) in [6.07, 6.45) is 6.99. The lowest BCUT2D eigenvalue weighted by Crippen LogP contribution is -2.23. The van der Waals surface area contributed by atoms with Crippen LogP contribution >= 0.6 is 11.6 Å². The molecule has 2 heterocycles. The SMILES string of the molecule is Cc1ccc(Oc2ccc(Nc3ncnc4ccc(/C=C/CNC(=O)CCO)cc34)cc2Cl)cn1. The predicted molar refractivity (Wildman–Crippen MR) is 137 cm³/mol. The van der Waals surface area contributed by atoms with Crippen molar-refractivity contribution in [2.75, 3.05) is 18.5 Å². The monoisotopic (exact) mass is 489 g/mol. The third-order valence-corrected chi connectivity index (χ3v) is 5.33. The van der Waals surface area contributed by atoms with Gasteiger partial charge in [0.05, 0.1) is 23.3 Å². The van der Waals surface area contributed by atoms with Crippen LogP contribution in [0.2, 0.25) is 5.02 Å². The van der Waals surface area contributed by atoms with Crippen molar-refractivity contribution in [3.63, 3.8) is 0 Å². The van der Waals surface area contributed by atoms with Crippen LogP contribution in [0.3, 0.4) is 0 Å². The Kier molecular flexibility index (Phi) is 7.87. The first kappa shape index (κ1) is 24.1. The smallest absolute Gasteiger partial charge is 0.222 e. The van der Waals surface area contributed by atoms with E-state index in [1.165, 1.54) is 6.33 Å². The van der Waals surface area contributed by atoms with Gasteiger partial charge in [-0.2, -0.15) is 0 Å². The van der Waals surface area contributed by atoms with Crippen LogP contribution < -0.4 is 15.4 Å². The molecule has 3 N–H and O–H groups in total. The second-order valence-electron chi connectivity index (χ2n) is 7.69. The number of nitrogens with zero attached hydrogens (tertiary/aromatic N) is 3. The number of nitrogens with one attached hydrogen (secondary N) is 2. The van der Waals surface area contributed by atoms with Crippen LogP contribution in [0.5, 0.6) is 11.5 Å². The number of aliphatic hydroxyl groups excluding tert-OH is 1. The molecule has 178 valence electrons. The van der Waals surface area contributed by atoms with Crippen LogP contribution in [0.1, 0.15) is 17.7 Å². The van der Waals surface area contributed by atoms with Gasteiger partial charge in [-0.05, 0) is 55.0 Å². The molecule has 0 aliphatic rings. The van der Waals surface area contributed by atoms with Gasteiger partial charge in [0.15, 0.2) is 0 Å². The van der Waals surface area contributed by atoms with Gasteiger partial charge in [-0.3, -0.25) is 9.78 Å². The van der Waals surface area contributed by atoms with E-state index in [0.29, 0.717) is 28.9 Å². The third-order valence-electron chi connectivity index (χ3n) is 5.03. The lowest BCUT2D eigenvalue weighted by Gasteiger charge is -2.12. The maximum atomic E-state index is 11.4. The fraction of sp³-hybridized carbons (Fsp3) is 0.154. The third kappa shape index (κ3) is 6.53. The molecule has 1 amide bonds. The zero-order chi connectivity index (χ0) is 24.6. The minimum atomic E-state index is -0.193. The van der Waals surface area contributed by atoms with Crippen molar-refractivity contribution < 1.29 is 14.6 Å². The highest BCUT2D eigenvalue weighted by molar-refractivity contribution is 6.32. The number of pyridine rings is 1. The summed E-state index contributed by atoms with van der Waals surface area (Å²) in [7, 11) is 0. The summed E-state index contributed by atoms with van der Waals surface area (Å²) in [5.74, 6) is 1.57. The molecule has 0 aliphatic heterocycles. The van der Waals surface area contributed by atoms with E-state index in [1.807, 2.05) is 55.5 Å². The van der Waals surface area contributed by atoms with Gasteiger partial charge in [0.25, 0.3) is 0 Å². The second-order valence-corrected chi connectivity index (χ2v) is 8.09. The molecule has 0 saturated carbocycles. The number of ether oxygens (including phenoxy) is 1. The number of hydrogen-bond acceptors (Lipinski definition) is 7. The number of aryl methyl sites for hydroxylation is 1. The molecule has 4 rings (SSSR count). The van der Waals surface area contributed by atoms with Crippen molar-refractivity contribution in [3.05, 3.63) is 83.4 Å². The fourth-order valence-corrected chi connectivity index (χ4v) is 3.49. The number of aliphatic hydroxyl groups is 1. The summed E-state index contributed by atoms with van der Waals surface area (Å²) in [5, 5.41) is 16.1. The first-order chi connectivity index (χ1) is 17.0. The summed E-state index contributed by atoms with van der Waals surface area (Å²) in [4.78, 5) is 24.4. The molecule has 0 atom stereocenters. The first-order valence-electron chi connectivity index (χ1n) is 11.0. The Morgan fingerprint density at radius 2 is 2.00 bits per heavy atom. The predicted octanol–water partition coefficient (Wildman–Crippen LogP) is 5.03. The Morgan fingerprint density at radius 3 is 2.77 bits per heavy atom. The Labute approximate surface area is 207 Å². The molecule has 0 unspecified atom stereocenters. The molecule has 4 aromatic rings. The molecule has 0 aliphatic carbocycles. The number of amides is 1. The average molecular weight is 490 g/mol. The lowest BCUT2D eigenvalue weighted by atomic mass is 10.1. The number of benzene rings is 2. The molecule has 2 aromatic carbocycles. The van der Waals surface area contributed by atoms with Crippen LogP contribution in [0.15, 0.2) is 67.1 Å². The number of carbonyl (C=O) groups is 1.